The lowest BCUT2D eigenvalue weighted by atomic mass is 10.3. The highest BCUT2D eigenvalue weighted by atomic mass is 16.1. The minimum Gasteiger partial charge on any atom is -0.292 e. The third kappa shape index (κ3) is 2.19. The SMILES string of the molecule is Cc1ccc2nc(Cn3cnc4c(cnn4C)c3=O)cc(=O)n2c1. The van der Waals surface area contributed by atoms with Gasteiger partial charge in [-0.1, -0.05) is 6.07 Å². The Labute approximate surface area is 135 Å². The molecule has 0 spiro atoms. The third-order valence-corrected chi connectivity index (χ3v) is 3.91. The van der Waals surface area contributed by atoms with Gasteiger partial charge in [-0.05, 0) is 18.6 Å². The van der Waals surface area contributed by atoms with Gasteiger partial charge in [-0.25, -0.2) is 9.97 Å². The Hall–Kier alpha value is -3.29. The summed E-state index contributed by atoms with van der Waals surface area (Å²) < 4.78 is 4.46. The zero-order valence-electron chi connectivity index (χ0n) is 13.2. The summed E-state index contributed by atoms with van der Waals surface area (Å²) in [5.74, 6) is 0. The second-order valence-corrected chi connectivity index (χ2v) is 5.70. The number of aryl methyl sites for hydroxylation is 2. The van der Waals surface area contributed by atoms with Gasteiger partial charge in [0, 0.05) is 19.3 Å². The number of nitrogens with zero attached hydrogens (tertiary/aromatic N) is 6. The maximum absolute atomic E-state index is 12.5. The van der Waals surface area contributed by atoms with Crippen LogP contribution in [0.2, 0.25) is 0 Å². The van der Waals surface area contributed by atoms with Gasteiger partial charge in [0.05, 0.1) is 18.4 Å². The topological polar surface area (TPSA) is 87.1 Å². The lowest BCUT2D eigenvalue weighted by Gasteiger charge is -2.07. The van der Waals surface area contributed by atoms with Crippen molar-refractivity contribution < 1.29 is 0 Å². The van der Waals surface area contributed by atoms with E-state index in [1.54, 1.807) is 24.0 Å². The van der Waals surface area contributed by atoms with Crippen LogP contribution < -0.4 is 11.1 Å². The van der Waals surface area contributed by atoms with Gasteiger partial charge in [0.2, 0.25) is 0 Å². The molecule has 0 aliphatic carbocycles. The summed E-state index contributed by atoms with van der Waals surface area (Å²) in [6.45, 7) is 2.09. The highest BCUT2D eigenvalue weighted by Gasteiger charge is 2.10. The average Bonchev–Trinajstić information content (AvgIpc) is 2.93. The molecule has 24 heavy (non-hydrogen) atoms. The molecule has 0 atom stereocenters. The molecule has 4 heterocycles. The van der Waals surface area contributed by atoms with Crippen LogP contribution >= 0.6 is 0 Å². The average molecular weight is 322 g/mol. The summed E-state index contributed by atoms with van der Waals surface area (Å²) in [5.41, 5.74) is 2.17. The normalized spacial score (nSPS) is 11.4. The van der Waals surface area contributed by atoms with Gasteiger partial charge in [0.15, 0.2) is 5.65 Å². The van der Waals surface area contributed by atoms with Gasteiger partial charge in [-0.3, -0.25) is 23.2 Å². The molecule has 120 valence electrons. The Morgan fingerprint density at radius 3 is 2.88 bits per heavy atom. The molecule has 0 radical (unpaired) electrons. The van der Waals surface area contributed by atoms with E-state index in [9.17, 15) is 9.59 Å². The summed E-state index contributed by atoms with van der Waals surface area (Å²) in [5, 5.41) is 4.48. The van der Waals surface area contributed by atoms with E-state index in [1.807, 2.05) is 13.0 Å². The first-order chi connectivity index (χ1) is 11.5. The van der Waals surface area contributed by atoms with E-state index in [1.165, 1.54) is 27.6 Å². The van der Waals surface area contributed by atoms with Gasteiger partial charge in [0.25, 0.3) is 11.1 Å². The molecule has 0 bridgehead atoms. The lowest BCUT2D eigenvalue weighted by Crippen LogP contribution is -2.23. The van der Waals surface area contributed by atoms with E-state index in [2.05, 4.69) is 15.1 Å². The van der Waals surface area contributed by atoms with Crippen LogP contribution in [0.5, 0.6) is 0 Å². The third-order valence-electron chi connectivity index (χ3n) is 3.91. The van der Waals surface area contributed by atoms with Crippen molar-refractivity contribution >= 4 is 16.7 Å². The fourth-order valence-electron chi connectivity index (χ4n) is 2.69. The molecule has 4 aromatic heterocycles. The van der Waals surface area contributed by atoms with E-state index in [-0.39, 0.29) is 17.7 Å². The highest BCUT2D eigenvalue weighted by Crippen LogP contribution is 2.06. The second-order valence-electron chi connectivity index (χ2n) is 5.70. The van der Waals surface area contributed by atoms with Gasteiger partial charge in [-0.15, -0.1) is 0 Å². The Bertz CT molecular complexity index is 1200. The van der Waals surface area contributed by atoms with Crippen molar-refractivity contribution in [3.8, 4) is 0 Å². The first-order valence-electron chi connectivity index (χ1n) is 7.39. The zero-order chi connectivity index (χ0) is 16.8. The fraction of sp³-hybridized carbons (Fsp3) is 0.188. The smallest absolute Gasteiger partial charge is 0.264 e. The van der Waals surface area contributed by atoms with Gasteiger partial charge >= 0.3 is 0 Å². The van der Waals surface area contributed by atoms with E-state index in [0.29, 0.717) is 22.4 Å². The summed E-state index contributed by atoms with van der Waals surface area (Å²) in [4.78, 5) is 33.4. The summed E-state index contributed by atoms with van der Waals surface area (Å²) in [6, 6.07) is 5.11. The highest BCUT2D eigenvalue weighted by molar-refractivity contribution is 5.72. The minimum atomic E-state index is -0.209. The molecule has 0 amide bonds. The molecule has 0 saturated carbocycles. The largest absolute Gasteiger partial charge is 0.292 e. The van der Waals surface area contributed by atoms with Gasteiger partial charge < -0.3 is 0 Å². The molecule has 0 N–H and O–H groups in total. The molecule has 0 aliphatic heterocycles. The van der Waals surface area contributed by atoms with Crippen LogP contribution in [-0.2, 0) is 13.6 Å². The maximum atomic E-state index is 12.5. The van der Waals surface area contributed by atoms with Crippen molar-refractivity contribution in [2.45, 2.75) is 13.5 Å². The van der Waals surface area contributed by atoms with Crippen molar-refractivity contribution in [1.29, 1.82) is 0 Å². The molecule has 0 saturated heterocycles. The number of rotatable bonds is 2. The van der Waals surface area contributed by atoms with E-state index in [4.69, 9.17) is 0 Å². The van der Waals surface area contributed by atoms with Crippen LogP contribution in [0.25, 0.3) is 16.7 Å². The van der Waals surface area contributed by atoms with Crippen LogP contribution in [-0.4, -0.2) is 28.7 Å². The summed E-state index contributed by atoms with van der Waals surface area (Å²) >= 11 is 0. The number of hydrogen-bond donors (Lipinski definition) is 0. The van der Waals surface area contributed by atoms with Crippen molar-refractivity contribution in [1.82, 2.24) is 28.7 Å². The van der Waals surface area contributed by atoms with Crippen molar-refractivity contribution in [3.63, 3.8) is 0 Å². The van der Waals surface area contributed by atoms with Crippen molar-refractivity contribution in [3.05, 3.63) is 68.9 Å². The lowest BCUT2D eigenvalue weighted by molar-refractivity contribution is 0.720. The Balaban J connectivity index is 1.82. The van der Waals surface area contributed by atoms with Crippen LogP contribution in [0, 0.1) is 6.92 Å². The minimum absolute atomic E-state index is 0.177. The molecule has 8 heteroatoms. The predicted octanol–water partition coefficient (Wildman–Crippen LogP) is 0.495. The zero-order valence-corrected chi connectivity index (χ0v) is 13.2. The van der Waals surface area contributed by atoms with E-state index in [0.717, 1.165) is 5.56 Å². The first kappa shape index (κ1) is 14.3. The first-order valence-corrected chi connectivity index (χ1v) is 7.39. The van der Waals surface area contributed by atoms with Crippen LogP contribution in [0.4, 0.5) is 0 Å². The van der Waals surface area contributed by atoms with Crippen LogP contribution in [0.1, 0.15) is 11.3 Å². The van der Waals surface area contributed by atoms with Gasteiger partial charge in [-0.2, -0.15) is 5.10 Å². The van der Waals surface area contributed by atoms with Gasteiger partial charge in [0.1, 0.15) is 17.4 Å². The number of aromatic nitrogens is 6. The number of fused-ring (bicyclic) bond motifs is 2. The Kier molecular flexibility index (Phi) is 3.05. The molecular formula is C16H14N6O2. The Morgan fingerprint density at radius 2 is 2.04 bits per heavy atom. The number of hydrogen-bond acceptors (Lipinski definition) is 5. The molecule has 4 aromatic rings. The van der Waals surface area contributed by atoms with E-state index < -0.39 is 0 Å². The quantitative estimate of drug-likeness (QED) is 0.536. The maximum Gasteiger partial charge on any atom is 0.264 e. The predicted molar refractivity (Wildman–Crippen MR) is 88.1 cm³/mol. The summed E-state index contributed by atoms with van der Waals surface area (Å²) in [7, 11) is 1.73. The standard InChI is InChI=1S/C16H14N6O2/c1-10-3-4-13-19-11(5-14(23)22(13)7-10)8-21-9-17-15-12(16(21)24)6-18-20(15)2/h3-7,9H,8H2,1-2H3. The second kappa shape index (κ2) is 5.12. The molecule has 8 nitrogen and oxygen atoms in total. The molecule has 0 aromatic carbocycles. The molecule has 0 aliphatic rings. The monoisotopic (exact) mass is 322 g/mol. The Morgan fingerprint density at radius 1 is 1.21 bits per heavy atom. The molecular weight excluding hydrogens is 308 g/mol. The van der Waals surface area contributed by atoms with E-state index >= 15 is 0 Å². The molecule has 0 fully saturated rings. The number of pyridine rings is 1. The van der Waals surface area contributed by atoms with Crippen LogP contribution in [0.3, 0.4) is 0 Å². The molecule has 0 unspecified atom stereocenters. The summed E-state index contributed by atoms with van der Waals surface area (Å²) in [6.07, 6.45) is 4.68. The fourth-order valence-corrected chi connectivity index (χ4v) is 2.69. The van der Waals surface area contributed by atoms with Crippen molar-refractivity contribution in [2.75, 3.05) is 0 Å². The van der Waals surface area contributed by atoms with Crippen molar-refractivity contribution in [2.24, 2.45) is 7.05 Å². The van der Waals surface area contributed by atoms with Crippen LogP contribution in [0.15, 0.2) is 46.5 Å². The molecule has 4 rings (SSSR count).